The Bertz CT molecular complexity index is 312. The van der Waals surface area contributed by atoms with Gasteiger partial charge in [-0.05, 0) is 19.9 Å². The van der Waals surface area contributed by atoms with Gasteiger partial charge in [-0.2, -0.15) is 0 Å². The SMILES string of the molecule is CN(CC(=O)NC1CC1)CC(=O)N1CCOCC1. The molecule has 2 amide bonds. The van der Waals surface area contributed by atoms with Crippen LogP contribution in [0.1, 0.15) is 12.8 Å². The lowest BCUT2D eigenvalue weighted by Crippen LogP contribution is -2.46. The van der Waals surface area contributed by atoms with Gasteiger partial charge in [0, 0.05) is 19.1 Å². The van der Waals surface area contributed by atoms with Gasteiger partial charge in [0.25, 0.3) is 0 Å². The van der Waals surface area contributed by atoms with Crippen LogP contribution in [0.3, 0.4) is 0 Å². The molecular formula is C12H21N3O3. The molecule has 0 unspecified atom stereocenters. The lowest BCUT2D eigenvalue weighted by Gasteiger charge is -2.28. The molecule has 0 atom stereocenters. The zero-order valence-electron chi connectivity index (χ0n) is 10.9. The number of rotatable bonds is 5. The van der Waals surface area contributed by atoms with Gasteiger partial charge in [-0.3, -0.25) is 14.5 Å². The summed E-state index contributed by atoms with van der Waals surface area (Å²) in [5.41, 5.74) is 0. The summed E-state index contributed by atoms with van der Waals surface area (Å²) in [6, 6.07) is 0.376. The van der Waals surface area contributed by atoms with Crippen LogP contribution in [0.4, 0.5) is 0 Å². The molecule has 0 bridgehead atoms. The second-order valence-electron chi connectivity index (χ2n) is 5.01. The molecule has 2 rings (SSSR count). The van der Waals surface area contributed by atoms with E-state index < -0.39 is 0 Å². The fourth-order valence-electron chi connectivity index (χ4n) is 1.95. The van der Waals surface area contributed by atoms with Crippen molar-refractivity contribution >= 4 is 11.8 Å². The van der Waals surface area contributed by atoms with Crippen LogP contribution in [-0.2, 0) is 14.3 Å². The number of ether oxygens (including phenoxy) is 1. The smallest absolute Gasteiger partial charge is 0.236 e. The van der Waals surface area contributed by atoms with Crippen LogP contribution >= 0.6 is 0 Å². The topological polar surface area (TPSA) is 61.9 Å². The van der Waals surface area contributed by atoms with Gasteiger partial charge in [0.15, 0.2) is 0 Å². The van der Waals surface area contributed by atoms with Crippen LogP contribution in [0.15, 0.2) is 0 Å². The molecule has 6 nitrogen and oxygen atoms in total. The Labute approximate surface area is 107 Å². The minimum Gasteiger partial charge on any atom is -0.378 e. The third-order valence-electron chi connectivity index (χ3n) is 3.12. The van der Waals surface area contributed by atoms with E-state index in [0.29, 0.717) is 32.3 Å². The van der Waals surface area contributed by atoms with Crippen molar-refractivity contribution in [2.75, 3.05) is 46.4 Å². The number of morpholine rings is 1. The van der Waals surface area contributed by atoms with Crippen LogP contribution < -0.4 is 5.32 Å². The van der Waals surface area contributed by atoms with E-state index in [2.05, 4.69) is 5.32 Å². The van der Waals surface area contributed by atoms with Crippen molar-refractivity contribution in [3.8, 4) is 0 Å². The molecule has 1 saturated heterocycles. The van der Waals surface area contributed by atoms with E-state index in [1.807, 2.05) is 0 Å². The molecule has 102 valence electrons. The fourth-order valence-corrected chi connectivity index (χ4v) is 1.95. The van der Waals surface area contributed by atoms with Gasteiger partial charge in [-0.25, -0.2) is 0 Å². The Hall–Kier alpha value is -1.14. The number of amides is 2. The zero-order chi connectivity index (χ0) is 13.0. The lowest BCUT2D eigenvalue weighted by molar-refractivity contribution is -0.136. The molecule has 0 radical (unpaired) electrons. The first-order valence-electron chi connectivity index (χ1n) is 6.48. The maximum atomic E-state index is 11.9. The summed E-state index contributed by atoms with van der Waals surface area (Å²) in [5, 5.41) is 2.91. The number of likely N-dealkylation sites (N-methyl/N-ethyl adjacent to an activating group) is 1. The monoisotopic (exact) mass is 255 g/mol. The predicted octanol–water partition coefficient (Wildman–Crippen LogP) is -0.944. The molecule has 0 aromatic rings. The standard InChI is InChI=1S/C12H21N3O3/c1-14(8-11(16)13-10-2-3-10)9-12(17)15-4-6-18-7-5-15/h10H,2-9H2,1H3,(H,13,16). The Balaban J connectivity index is 1.66. The Kier molecular flexibility index (Phi) is 4.54. The Morgan fingerprint density at radius 2 is 1.94 bits per heavy atom. The predicted molar refractivity (Wildman–Crippen MR) is 66.1 cm³/mol. The Morgan fingerprint density at radius 3 is 2.56 bits per heavy atom. The van der Waals surface area contributed by atoms with Gasteiger partial charge in [0.05, 0.1) is 26.3 Å². The molecule has 0 spiro atoms. The van der Waals surface area contributed by atoms with Gasteiger partial charge in [-0.15, -0.1) is 0 Å². The van der Waals surface area contributed by atoms with Crippen LogP contribution in [-0.4, -0.2) is 74.1 Å². The van der Waals surface area contributed by atoms with Crippen molar-refractivity contribution in [1.29, 1.82) is 0 Å². The molecular weight excluding hydrogens is 234 g/mol. The highest BCUT2D eigenvalue weighted by Crippen LogP contribution is 2.18. The zero-order valence-corrected chi connectivity index (χ0v) is 10.9. The Morgan fingerprint density at radius 1 is 1.28 bits per heavy atom. The number of carbonyl (C=O) groups excluding carboxylic acids is 2. The van der Waals surface area contributed by atoms with E-state index >= 15 is 0 Å². The van der Waals surface area contributed by atoms with Gasteiger partial charge in [-0.1, -0.05) is 0 Å². The van der Waals surface area contributed by atoms with Crippen molar-refractivity contribution in [1.82, 2.24) is 15.1 Å². The van der Waals surface area contributed by atoms with Gasteiger partial charge >= 0.3 is 0 Å². The number of carbonyl (C=O) groups is 2. The third kappa shape index (κ3) is 4.27. The highest BCUT2D eigenvalue weighted by atomic mass is 16.5. The molecule has 1 N–H and O–H groups in total. The summed E-state index contributed by atoms with van der Waals surface area (Å²) in [5.74, 6) is 0.0785. The molecule has 1 aliphatic heterocycles. The number of hydrogen-bond donors (Lipinski definition) is 1. The minimum absolute atomic E-state index is 0.00905. The summed E-state index contributed by atoms with van der Waals surface area (Å²) in [4.78, 5) is 27.0. The second-order valence-corrected chi connectivity index (χ2v) is 5.01. The molecule has 1 saturated carbocycles. The lowest BCUT2D eigenvalue weighted by atomic mass is 10.3. The first kappa shape index (κ1) is 13.3. The molecule has 1 aliphatic carbocycles. The first-order chi connectivity index (χ1) is 8.65. The van der Waals surface area contributed by atoms with Crippen LogP contribution in [0.2, 0.25) is 0 Å². The van der Waals surface area contributed by atoms with E-state index in [9.17, 15) is 9.59 Å². The molecule has 2 fully saturated rings. The van der Waals surface area contributed by atoms with E-state index in [4.69, 9.17) is 4.74 Å². The summed E-state index contributed by atoms with van der Waals surface area (Å²) < 4.78 is 5.20. The fraction of sp³-hybridized carbons (Fsp3) is 0.833. The number of hydrogen-bond acceptors (Lipinski definition) is 4. The van der Waals surface area contributed by atoms with Crippen LogP contribution in [0.5, 0.6) is 0 Å². The molecule has 1 heterocycles. The normalized spacial score (nSPS) is 20.0. The maximum Gasteiger partial charge on any atom is 0.236 e. The second kappa shape index (κ2) is 6.15. The highest BCUT2D eigenvalue weighted by Gasteiger charge is 2.24. The van der Waals surface area contributed by atoms with Crippen molar-refractivity contribution in [2.24, 2.45) is 0 Å². The summed E-state index contributed by atoms with van der Waals surface area (Å²) in [6.07, 6.45) is 2.17. The van der Waals surface area contributed by atoms with Gasteiger partial charge in [0.2, 0.25) is 11.8 Å². The molecule has 2 aliphatic rings. The third-order valence-corrected chi connectivity index (χ3v) is 3.12. The first-order valence-corrected chi connectivity index (χ1v) is 6.48. The average molecular weight is 255 g/mol. The summed E-state index contributed by atoms with van der Waals surface area (Å²) >= 11 is 0. The largest absolute Gasteiger partial charge is 0.378 e. The van der Waals surface area contributed by atoms with Crippen molar-refractivity contribution in [2.45, 2.75) is 18.9 Å². The maximum absolute atomic E-state index is 11.9. The van der Waals surface area contributed by atoms with Crippen molar-refractivity contribution in [3.05, 3.63) is 0 Å². The average Bonchev–Trinajstić information content (AvgIpc) is 3.13. The highest BCUT2D eigenvalue weighted by molar-refractivity contribution is 5.81. The summed E-state index contributed by atoms with van der Waals surface area (Å²) in [7, 11) is 1.80. The van der Waals surface area contributed by atoms with E-state index in [1.165, 1.54) is 0 Å². The van der Waals surface area contributed by atoms with E-state index in [1.54, 1.807) is 16.8 Å². The molecule has 0 aromatic carbocycles. The molecule has 6 heteroatoms. The van der Waals surface area contributed by atoms with Crippen LogP contribution in [0, 0.1) is 0 Å². The molecule has 18 heavy (non-hydrogen) atoms. The summed E-state index contributed by atoms with van der Waals surface area (Å²) in [6.45, 7) is 3.10. The van der Waals surface area contributed by atoms with Crippen LogP contribution in [0.25, 0.3) is 0 Å². The van der Waals surface area contributed by atoms with Gasteiger partial charge in [0.1, 0.15) is 0 Å². The number of nitrogens with one attached hydrogen (secondary N) is 1. The number of nitrogens with zero attached hydrogens (tertiary/aromatic N) is 2. The van der Waals surface area contributed by atoms with Crippen molar-refractivity contribution < 1.29 is 14.3 Å². The van der Waals surface area contributed by atoms with E-state index in [-0.39, 0.29) is 24.9 Å². The van der Waals surface area contributed by atoms with E-state index in [0.717, 1.165) is 12.8 Å². The van der Waals surface area contributed by atoms with Gasteiger partial charge < -0.3 is 15.0 Å². The molecule has 0 aromatic heterocycles. The quantitative estimate of drug-likeness (QED) is 0.688. The minimum atomic E-state index is 0.00905. The van der Waals surface area contributed by atoms with Crippen molar-refractivity contribution in [3.63, 3.8) is 0 Å².